The van der Waals surface area contributed by atoms with Gasteiger partial charge in [-0.1, -0.05) is 13.8 Å². The fourth-order valence-corrected chi connectivity index (χ4v) is 3.63. The molecule has 2 aromatic rings. The molecule has 1 saturated heterocycles. The van der Waals surface area contributed by atoms with E-state index >= 15 is 0 Å². The highest BCUT2D eigenvalue weighted by Crippen LogP contribution is 2.21. The molecule has 1 aliphatic heterocycles. The van der Waals surface area contributed by atoms with Crippen molar-refractivity contribution in [3.63, 3.8) is 0 Å². The van der Waals surface area contributed by atoms with Crippen LogP contribution in [0.3, 0.4) is 0 Å². The standard InChI is InChI=1S/C15H23N5O2/c1-10-5-11(2)7-19(6-10)9-20-8-16-13-12(20)14(21)18(4)15(22)17(13)3/h8,10-11H,5-7,9H2,1-4H3/t10-,11-/m0/s1. The highest BCUT2D eigenvalue weighted by Gasteiger charge is 2.23. The van der Waals surface area contributed by atoms with Crippen LogP contribution in [-0.2, 0) is 20.8 Å². The number of hydrogen-bond donors (Lipinski definition) is 0. The van der Waals surface area contributed by atoms with Crippen molar-refractivity contribution in [2.45, 2.75) is 26.9 Å². The smallest absolute Gasteiger partial charge is 0.311 e. The molecule has 0 spiro atoms. The van der Waals surface area contributed by atoms with E-state index in [2.05, 4.69) is 23.7 Å². The van der Waals surface area contributed by atoms with Crippen molar-refractivity contribution in [3.05, 3.63) is 27.2 Å². The number of rotatable bonds is 2. The fraction of sp³-hybridized carbons (Fsp3) is 0.667. The SMILES string of the molecule is C[C@H]1C[C@H](C)CN(Cn2cnc3c2c(=O)n(C)c(=O)n3C)C1. The first kappa shape index (κ1) is 15.0. The van der Waals surface area contributed by atoms with Crippen LogP contribution in [0.5, 0.6) is 0 Å². The van der Waals surface area contributed by atoms with Gasteiger partial charge in [0, 0.05) is 27.2 Å². The summed E-state index contributed by atoms with van der Waals surface area (Å²) in [6.07, 6.45) is 2.91. The molecule has 0 aliphatic carbocycles. The van der Waals surface area contributed by atoms with Gasteiger partial charge in [0.25, 0.3) is 5.56 Å². The highest BCUT2D eigenvalue weighted by atomic mass is 16.2. The predicted octanol–water partition coefficient (Wildman–Crippen LogP) is 0.369. The normalized spacial score (nSPS) is 23.3. The van der Waals surface area contributed by atoms with Crippen LogP contribution in [0.15, 0.2) is 15.9 Å². The lowest BCUT2D eigenvalue weighted by molar-refractivity contribution is 0.111. The predicted molar refractivity (Wildman–Crippen MR) is 84.7 cm³/mol. The molecule has 120 valence electrons. The molecule has 1 aliphatic rings. The Labute approximate surface area is 128 Å². The van der Waals surface area contributed by atoms with Crippen LogP contribution in [0.4, 0.5) is 0 Å². The molecule has 7 heteroatoms. The van der Waals surface area contributed by atoms with Gasteiger partial charge in [0.1, 0.15) is 0 Å². The first-order chi connectivity index (χ1) is 10.4. The molecule has 3 heterocycles. The molecule has 7 nitrogen and oxygen atoms in total. The van der Waals surface area contributed by atoms with E-state index in [0.717, 1.165) is 17.7 Å². The summed E-state index contributed by atoms with van der Waals surface area (Å²) in [5, 5.41) is 0. The van der Waals surface area contributed by atoms with E-state index in [1.807, 2.05) is 4.57 Å². The molecular formula is C15H23N5O2. The summed E-state index contributed by atoms with van der Waals surface area (Å²) >= 11 is 0. The molecule has 0 saturated carbocycles. The molecule has 22 heavy (non-hydrogen) atoms. The number of likely N-dealkylation sites (tertiary alicyclic amines) is 1. The summed E-state index contributed by atoms with van der Waals surface area (Å²) in [5.41, 5.74) is 0.318. The third-order valence-corrected chi connectivity index (χ3v) is 4.51. The Morgan fingerprint density at radius 3 is 2.41 bits per heavy atom. The number of piperidine rings is 1. The summed E-state index contributed by atoms with van der Waals surface area (Å²) in [5.74, 6) is 1.32. The largest absolute Gasteiger partial charge is 0.332 e. The third kappa shape index (κ3) is 2.39. The highest BCUT2D eigenvalue weighted by molar-refractivity contribution is 5.69. The zero-order chi connectivity index (χ0) is 16.0. The third-order valence-electron chi connectivity index (χ3n) is 4.51. The molecule has 3 rings (SSSR count). The second-order valence-corrected chi connectivity index (χ2v) is 6.72. The lowest BCUT2D eigenvalue weighted by atomic mass is 9.92. The van der Waals surface area contributed by atoms with E-state index in [9.17, 15) is 9.59 Å². The first-order valence-corrected chi connectivity index (χ1v) is 7.71. The summed E-state index contributed by atoms with van der Waals surface area (Å²) in [6.45, 7) is 7.21. The van der Waals surface area contributed by atoms with Gasteiger partial charge in [0.15, 0.2) is 11.2 Å². The van der Waals surface area contributed by atoms with Crippen LogP contribution < -0.4 is 11.2 Å². The maximum Gasteiger partial charge on any atom is 0.332 e. The minimum atomic E-state index is -0.344. The lowest BCUT2D eigenvalue weighted by Crippen LogP contribution is -2.41. The van der Waals surface area contributed by atoms with Gasteiger partial charge in [0.05, 0.1) is 13.0 Å². The molecule has 0 amide bonds. The number of nitrogens with zero attached hydrogens (tertiary/aromatic N) is 5. The number of hydrogen-bond acceptors (Lipinski definition) is 4. The maximum atomic E-state index is 12.4. The quantitative estimate of drug-likeness (QED) is 0.804. The topological polar surface area (TPSA) is 65.1 Å². The fourth-order valence-electron chi connectivity index (χ4n) is 3.63. The Kier molecular flexibility index (Phi) is 3.68. The summed E-state index contributed by atoms with van der Waals surface area (Å²) in [6, 6.07) is 0. The van der Waals surface area contributed by atoms with E-state index < -0.39 is 0 Å². The van der Waals surface area contributed by atoms with Gasteiger partial charge in [-0.25, -0.2) is 9.78 Å². The molecule has 0 unspecified atom stereocenters. The van der Waals surface area contributed by atoms with Gasteiger partial charge < -0.3 is 4.57 Å². The van der Waals surface area contributed by atoms with Gasteiger partial charge in [-0.3, -0.25) is 18.8 Å². The summed E-state index contributed by atoms with van der Waals surface area (Å²) in [4.78, 5) is 31.0. The minimum absolute atomic E-state index is 0.284. The molecule has 0 bridgehead atoms. The number of aromatic nitrogens is 4. The number of fused-ring (bicyclic) bond motifs is 1. The van der Waals surface area contributed by atoms with E-state index in [4.69, 9.17) is 0 Å². The van der Waals surface area contributed by atoms with Crippen LogP contribution in [0.1, 0.15) is 20.3 Å². The molecule has 0 aromatic carbocycles. The Bertz CT molecular complexity index is 806. The van der Waals surface area contributed by atoms with Crippen molar-refractivity contribution in [2.24, 2.45) is 25.9 Å². The van der Waals surface area contributed by atoms with Crippen molar-refractivity contribution in [2.75, 3.05) is 13.1 Å². The molecule has 0 N–H and O–H groups in total. The Morgan fingerprint density at radius 1 is 1.14 bits per heavy atom. The van der Waals surface area contributed by atoms with Crippen LogP contribution in [0.25, 0.3) is 11.2 Å². The molecule has 0 radical (unpaired) electrons. The summed E-state index contributed by atoms with van der Waals surface area (Å²) in [7, 11) is 3.15. The van der Waals surface area contributed by atoms with Crippen molar-refractivity contribution in [1.82, 2.24) is 23.6 Å². The minimum Gasteiger partial charge on any atom is -0.311 e. The lowest BCUT2D eigenvalue weighted by Gasteiger charge is -2.35. The van der Waals surface area contributed by atoms with Gasteiger partial charge in [-0.15, -0.1) is 0 Å². The van der Waals surface area contributed by atoms with E-state index in [-0.39, 0.29) is 11.2 Å². The monoisotopic (exact) mass is 305 g/mol. The van der Waals surface area contributed by atoms with Crippen LogP contribution in [0.2, 0.25) is 0 Å². The Morgan fingerprint density at radius 2 is 1.77 bits per heavy atom. The Balaban J connectivity index is 2.02. The molecule has 2 aromatic heterocycles. The number of imidazole rings is 1. The maximum absolute atomic E-state index is 12.4. The van der Waals surface area contributed by atoms with Crippen molar-refractivity contribution in [1.29, 1.82) is 0 Å². The molecule has 1 fully saturated rings. The molecular weight excluding hydrogens is 282 g/mol. The molecule has 2 atom stereocenters. The van der Waals surface area contributed by atoms with Crippen molar-refractivity contribution in [3.8, 4) is 0 Å². The van der Waals surface area contributed by atoms with Crippen molar-refractivity contribution >= 4 is 11.2 Å². The zero-order valence-corrected chi connectivity index (χ0v) is 13.6. The van der Waals surface area contributed by atoms with E-state index in [1.165, 1.54) is 18.0 Å². The Hall–Kier alpha value is -1.89. The van der Waals surface area contributed by atoms with Gasteiger partial charge in [-0.05, 0) is 18.3 Å². The van der Waals surface area contributed by atoms with Crippen LogP contribution >= 0.6 is 0 Å². The second kappa shape index (κ2) is 5.39. The van der Waals surface area contributed by atoms with Crippen LogP contribution in [0, 0.1) is 11.8 Å². The van der Waals surface area contributed by atoms with Crippen LogP contribution in [-0.4, -0.2) is 36.7 Å². The first-order valence-electron chi connectivity index (χ1n) is 7.71. The van der Waals surface area contributed by atoms with E-state index in [1.54, 1.807) is 13.4 Å². The average molecular weight is 305 g/mol. The zero-order valence-electron chi connectivity index (χ0n) is 13.6. The summed E-state index contributed by atoms with van der Waals surface area (Å²) < 4.78 is 4.43. The van der Waals surface area contributed by atoms with Crippen molar-refractivity contribution < 1.29 is 0 Å². The number of aryl methyl sites for hydroxylation is 1. The van der Waals surface area contributed by atoms with Gasteiger partial charge >= 0.3 is 5.69 Å². The second-order valence-electron chi connectivity index (χ2n) is 6.72. The van der Waals surface area contributed by atoms with Gasteiger partial charge in [0.2, 0.25) is 0 Å². The van der Waals surface area contributed by atoms with Gasteiger partial charge in [-0.2, -0.15) is 0 Å². The average Bonchev–Trinajstić information content (AvgIpc) is 2.85. The van der Waals surface area contributed by atoms with E-state index in [0.29, 0.717) is 29.7 Å².